The highest BCUT2D eigenvalue weighted by atomic mass is 35.5. The van der Waals surface area contributed by atoms with Crippen LogP contribution in [0, 0.1) is 5.41 Å². The summed E-state index contributed by atoms with van der Waals surface area (Å²) in [6, 6.07) is 4.47. The maximum Gasteiger partial charge on any atom is 0.257 e. The van der Waals surface area contributed by atoms with E-state index in [1.807, 2.05) is 13.8 Å². The molecule has 4 nitrogen and oxygen atoms in total. The van der Waals surface area contributed by atoms with Crippen LogP contribution in [0.2, 0.25) is 5.02 Å². The fourth-order valence-electron chi connectivity index (χ4n) is 2.45. The summed E-state index contributed by atoms with van der Waals surface area (Å²) in [5, 5.41) is 20.6. The molecule has 0 aliphatic carbocycles. The second kappa shape index (κ2) is 4.93. The fraction of sp³-hybridized carbons (Fsp3) is 0.533. The van der Waals surface area contributed by atoms with Crippen LogP contribution in [0.25, 0.3) is 0 Å². The van der Waals surface area contributed by atoms with Crippen molar-refractivity contribution >= 4 is 17.5 Å². The van der Waals surface area contributed by atoms with E-state index in [0.29, 0.717) is 24.5 Å². The molecule has 1 aromatic carbocycles. The van der Waals surface area contributed by atoms with Gasteiger partial charge < -0.3 is 15.1 Å². The summed E-state index contributed by atoms with van der Waals surface area (Å²) < 4.78 is 0. The molecule has 1 aliphatic heterocycles. The third-order valence-corrected chi connectivity index (χ3v) is 4.63. The van der Waals surface area contributed by atoms with Crippen LogP contribution in [-0.2, 0) is 0 Å². The van der Waals surface area contributed by atoms with Gasteiger partial charge in [-0.2, -0.15) is 0 Å². The lowest BCUT2D eigenvalue weighted by Gasteiger charge is -2.48. The Morgan fingerprint density at radius 2 is 2.00 bits per heavy atom. The number of hydrogen-bond donors (Lipinski definition) is 2. The first-order valence-corrected chi connectivity index (χ1v) is 7.02. The number of nitrogens with zero attached hydrogens (tertiary/aromatic N) is 1. The molecule has 1 heterocycles. The summed E-state index contributed by atoms with van der Waals surface area (Å²) in [4.78, 5) is 14.1. The molecule has 0 radical (unpaired) electrons. The van der Waals surface area contributed by atoms with E-state index in [9.17, 15) is 15.0 Å². The number of halogens is 1. The highest BCUT2D eigenvalue weighted by Crippen LogP contribution is 2.39. The number of phenols is 1. The van der Waals surface area contributed by atoms with Crippen molar-refractivity contribution in [3.8, 4) is 5.75 Å². The van der Waals surface area contributed by atoms with Gasteiger partial charge in [0.05, 0.1) is 11.2 Å². The Labute approximate surface area is 124 Å². The Kier molecular flexibility index (Phi) is 3.73. The maximum atomic E-state index is 12.5. The van der Waals surface area contributed by atoms with Crippen LogP contribution >= 0.6 is 11.6 Å². The summed E-state index contributed by atoms with van der Waals surface area (Å²) in [7, 11) is 0. The van der Waals surface area contributed by atoms with Gasteiger partial charge in [-0.15, -0.1) is 0 Å². The molecule has 0 saturated carbocycles. The first-order chi connectivity index (χ1) is 9.14. The molecule has 1 amide bonds. The van der Waals surface area contributed by atoms with Gasteiger partial charge in [-0.1, -0.05) is 25.4 Å². The molecule has 1 aromatic rings. The van der Waals surface area contributed by atoms with E-state index < -0.39 is 11.0 Å². The predicted molar refractivity (Wildman–Crippen MR) is 78.0 cm³/mol. The number of rotatable bonds is 1. The molecule has 1 atom stereocenters. The van der Waals surface area contributed by atoms with Gasteiger partial charge in [0, 0.05) is 23.5 Å². The minimum atomic E-state index is -0.800. The lowest BCUT2D eigenvalue weighted by Crippen LogP contribution is -2.57. The quantitative estimate of drug-likeness (QED) is 0.838. The molecule has 2 rings (SSSR count). The van der Waals surface area contributed by atoms with Crippen molar-refractivity contribution in [3.05, 3.63) is 28.8 Å². The zero-order valence-electron chi connectivity index (χ0n) is 12.0. The summed E-state index contributed by atoms with van der Waals surface area (Å²) in [5.41, 5.74) is -0.957. The molecule has 1 fully saturated rings. The van der Waals surface area contributed by atoms with Gasteiger partial charge in [0.25, 0.3) is 5.91 Å². The van der Waals surface area contributed by atoms with Gasteiger partial charge >= 0.3 is 0 Å². The Morgan fingerprint density at radius 1 is 1.35 bits per heavy atom. The normalized spacial score (nSPS) is 25.6. The average Bonchev–Trinajstić information content (AvgIpc) is 2.32. The van der Waals surface area contributed by atoms with Crippen molar-refractivity contribution in [1.82, 2.24) is 4.90 Å². The number of piperidine rings is 1. The number of amides is 1. The van der Waals surface area contributed by atoms with Crippen molar-refractivity contribution in [2.75, 3.05) is 13.1 Å². The number of carbonyl (C=O) groups is 1. The molecule has 110 valence electrons. The smallest absolute Gasteiger partial charge is 0.257 e. The molecule has 0 aromatic heterocycles. The maximum absolute atomic E-state index is 12.5. The van der Waals surface area contributed by atoms with E-state index in [4.69, 9.17) is 11.6 Å². The third-order valence-electron chi connectivity index (χ3n) is 4.39. The van der Waals surface area contributed by atoms with Gasteiger partial charge in [0.1, 0.15) is 5.75 Å². The van der Waals surface area contributed by atoms with Crippen molar-refractivity contribution in [1.29, 1.82) is 0 Å². The Morgan fingerprint density at radius 3 is 2.55 bits per heavy atom. The summed E-state index contributed by atoms with van der Waals surface area (Å²) in [5.74, 6) is -0.347. The van der Waals surface area contributed by atoms with Gasteiger partial charge in [0.15, 0.2) is 0 Å². The van der Waals surface area contributed by atoms with Crippen molar-refractivity contribution in [2.45, 2.75) is 32.8 Å². The Bertz CT molecular complexity index is 540. The van der Waals surface area contributed by atoms with Crippen LogP contribution in [-0.4, -0.2) is 39.7 Å². The first kappa shape index (κ1) is 15.1. The summed E-state index contributed by atoms with van der Waals surface area (Å²) in [6.45, 7) is 6.59. The average molecular weight is 298 g/mol. The summed E-state index contributed by atoms with van der Waals surface area (Å²) in [6.07, 6.45) is 0.514. The van der Waals surface area contributed by atoms with Crippen LogP contribution < -0.4 is 0 Å². The molecule has 0 spiro atoms. The molecule has 0 unspecified atom stereocenters. The lowest BCUT2D eigenvalue weighted by atomic mass is 9.71. The van der Waals surface area contributed by atoms with E-state index in [1.54, 1.807) is 17.9 Å². The molecule has 1 aliphatic rings. The van der Waals surface area contributed by atoms with Crippen molar-refractivity contribution in [3.63, 3.8) is 0 Å². The molecule has 20 heavy (non-hydrogen) atoms. The molecular weight excluding hydrogens is 278 g/mol. The van der Waals surface area contributed by atoms with E-state index in [0.717, 1.165) is 0 Å². The lowest BCUT2D eigenvalue weighted by molar-refractivity contribution is -0.0971. The monoisotopic (exact) mass is 297 g/mol. The number of aliphatic hydroxyl groups is 1. The number of carbonyl (C=O) groups excluding carboxylic acids is 1. The van der Waals surface area contributed by atoms with E-state index in [1.165, 1.54) is 12.1 Å². The largest absolute Gasteiger partial charge is 0.507 e. The van der Waals surface area contributed by atoms with Crippen molar-refractivity contribution < 1.29 is 15.0 Å². The highest BCUT2D eigenvalue weighted by Gasteiger charge is 2.45. The number of aromatic hydroxyl groups is 1. The van der Waals surface area contributed by atoms with E-state index in [2.05, 4.69) is 0 Å². The van der Waals surface area contributed by atoms with Crippen LogP contribution in [0.15, 0.2) is 18.2 Å². The molecule has 5 heteroatoms. The van der Waals surface area contributed by atoms with Gasteiger partial charge in [-0.05, 0) is 31.5 Å². The van der Waals surface area contributed by atoms with Crippen LogP contribution in [0.4, 0.5) is 0 Å². The standard InChI is InChI=1S/C15H20ClNO3/c1-14(2)9-17(7-6-15(14,3)20)13(19)11-5-4-10(16)8-12(11)18/h4-5,8,18,20H,6-7,9H2,1-3H3/t15-/m0/s1. The minimum Gasteiger partial charge on any atom is -0.507 e. The van der Waals surface area contributed by atoms with Crippen LogP contribution in [0.3, 0.4) is 0 Å². The predicted octanol–water partition coefficient (Wildman–Crippen LogP) is 2.67. The summed E-state index contributed by atoms with van der Waals surface area (Å²) >= 11 is 5.77. The Hall–Kier alpha value is -1.26. The molecule has 0 bridgehead atoms. The minimum absolute atomic E-state index is 0.113. The number of likely N-dealkylation sites (tertiary alicyclic amines) is 1. The zero-order chi connectivity index (χ0) is 15.1. The third kappa shape index (κ3) is 2.63. The van der Waals surface area contributed by atoms with Crippen molar-refractivity contribution in [2.24, 2.45) is 5.41 Å². The van der Waals surface area contributed by atoms with Gasteiger partial charge in [-0.3, -0.25) is 4.79 Å². The second-order valence-corrected chi connectivity index (χ2v) is 6.73. The van der Waals surface area contributed by atoms with E-state index >= 15 is 0 Å². The van der Waals surface area contributed by atoms with Gasteiger partial charge in [-0.25, -0.2) is 0 Å². The topological polar surface area (TPSA) is 60.8 Å². The SMILES string of the molecule is CC1(C)CN(C(=O)c2ccc(Cl)cc2O)CC[C@]1(C)O. The fourth-order valence-corrected chi connectivity index (χ4v) is 2.61. The highest BCUT2D eigenvalue weighted by molar-refractivity contribution is 6.30. The molecular formula is C15H20ClNO3. The first-order valence-electron chi connectivity index (χ1n) is 6.64. The number of benzene rings is 1. The Balaban J connectivity index is 2.23. The van der Waals surface area contributed by atoms with Crippen LogP contribution in [0.1, 0.15) is 37.6 Å². The number of phenolic OH excluding ortho intramolecular Hbond substituents is 1. The van der Waals surface area contributed by atoms with Gasteiger partial charge in [0.2, 0.25) is 0 Å². The second-order valence-electron chi connectivity index (χ2n) is 6.30. The molecule has 2 N–H and O–H groups in total. The number of hydrogen-bond acceptors (Lipinski definition) is 3. The molecule has 1 saturated heterocycles. The van der Waals surface area contributed by atoms with Crippen LogP contribution in [0.5, 0.6) is 5.75 Å². The zero-order valence-corrected chi connectivity index (χ0v) is 12.7. The van der Waals surface area contributed by atoms with E-state index in [-0.39, 0.29) is 17.2 Å².